The number of hydrogen-bond acceptors (Lipinski definition) is 6. The molecule has 1 aromatic rings. The van der Waals surface area contributed by atoms with Crippen LogP contribution in [-0.4, -0.2) is 71.7 Å². The number of aromatic nitrogens is 2. The fourth-order valence-electron chi connectivity index (χ4n) is 6.44. The predicted octanol–water partition coefficient (Wildman–Crippen LogP) is 2.72. The van der Waals surface area contributed by atoms with E-state index in [9.17, 15) is 18.0 Å². The van der Waals surface area contributed by atoms with Crippen molar-refractivity contribution in [3.8, 4) is 0 Å². The molecule has 4 unspecified atom stereocenters. The molecule has 4 fully saturated rings. The quantitative estimate of drug-likeness (QED) is 0.737. The van der Waals surface area contributed by atoms with E-state index in [0.29, 0.717) is 37.6 Å². The summed E-state index contributed by atoms with van der Waals surface area (Å²) >= 11 is 0. The zero-order valence-electron chi connectivity index (χ0n) is 19.1. The van der Waals surface area contributed by atoms with Crippen molar-refractivity contribution in [1.29, 1.82) is 0 Å². The topological polar surface area (TPSA) is 70.6 Å². The second-order valence-electron chi connectivity index (χ2n) is 10.3. The Morgan fingerprint density at radius 1 is 1.24 bits per heavy atom. The van der Waals surface area contributed by atoms with Gasteiger partial charge in [-0.2, -0.15) is 13.2 Å². The van der Waals surface area contributed by atoms with Gasteiger partial charge in [-0.15, -0.1) is 0 Å². The summed E-state index contributed by atoms with van der Waals surface area (Å²) in [4.78, 5) is 25.2. The molecule has 1 amide bonds. The van der Waals surface area contributed by atoms with Gasteiger partial charge in [-0.05, 0) is 43.6 Å². The summed E-state index contributed by atoms with van der Waals surface area (Å²) in [5.41, 5.74) is -1.32. The third kappa shape index (κ3) is 3.99. The Bertz CT molecular complexity index is 899. The number of nitrogens with zero attached hydrogens (tertiary/aromatic N) is 4. The van der Waals surface area contributed by atoms with Gasteiger partial charge in [-0.1, -0.05) is 13.8 Å². The van der Waals surface area contributed by atoms with Crippen LogP contribution in [0.2, 0.25) is 0 Å². The van der Waals surface area contributed by atoms with Gasteiger partial charge in [0, 0.05) is 44.5 Å². The van der Waals surface area contributed by atoms with Crippen LogP contribution >= 0.6 is 0 Å². The van der Waals surface area contributed by atoms with Gasteiger partial charge in [0.05, 0.1) is 18.1 Å². The van der Waals surface area contributed by atoms with Gasteiger partial charge in [-0.25, -0.2) is 9.97 Å². The molecule has 33 heavy (non-hydrogen) atoms. The molecule has 0 aromatic carbocycles. The van der Waals surface area contributed by atoms with Crippen LogP contribution in [0.3, 0.4) is 0 Å². The van der Waals surface area contributed by atoms with E-state index in [1.165, 1.54) is 0 Å². The zero-order chi connectivity index (χ0) is 23.4. The number of nitrogens with one attached hydrogen (secondary N) is 1. The molecular weight excluding hydrogens is 435 g/mol. The maximum absolute atomic E-state index is 13.6. The second kappa shape index (κ2) is 8.37. The first-order chi connectivity index (χ1) is 15.7. The zero-order valence-corrected chi connectivity index (χ0v) is 19.1. The Balaban J connectivity index is 1.29. The average Bonchev–Trinajstić information content (AvgIpc) is 3.31. The number of piperazine rings is 1. The Morgan fingerprint density at radius 2 is 2.06 bits per heavy atom. The van der Waals surface area contributed by atoms with Crippen LogP contribution in [0.15, 0.2) is 12.3 Å². The molecule has 5 rings (SSSR count). The van der Waals surface area contributed by atoms with E-state index < -0.39 is 11.9 Å². The maximum Gasteiger partial charge on any atom is 0.433 e. The second-order valence-corrected chi connectivity index (χ2v) is 10.3. The number of fused-ring (bicyclic) bond motifs is 1. The lowest BCUT2D eigenvalue weighted by Gasteiger charge is -2.39. The van der Waals surface area contributed by atoms with E-state index in [1.807, 2.05) is 4.90 Å². The number of anilines is 1. The average molecular weight is 468 g/mol. The van der Waals surface area contributed by atoms with Crippen LogP contribution in [0, 0.1) is 17.3 Å². The molecule has 3 aliphatic heterocycles. The van der Waals surface area contributed by atoms with Gasteiger partial charge in [0.15, 0.2) is 0 Å². The van der Waals surface area contributed by atoms with Crippen molar-refractivity contribution >= 4 is 11.9 Å². The number of hydrogen-bond donors (Lipinski definition) is 1. The van der Waals surface area contributed by atoms with Crippen LogP contribution in [0.1, 0.15) is 45.2 Å². The summed E-state index contributed by atoms with van der Waals surface area (Å²) < 4.78 is 44.9. The lowest BCUT2D eigenvalue weighted by Crippen LogP contribution is -2.53. The van der Waals surface area contributed by atoms with Crippen LogP contribution in [-0.2, 0) is 15.7 Å². The monoisotopic (exact) mass is 467 g/mol. The molecule has 6 atom stereocenters. The molecule has 3 saturated heterocycles. The molecule has 182 valence electrons. The largest absolute Gasteiger partial charge is 0.433 e. The highest BCUT2D eigenvalue weighted by molar-refractivity contribution is 5.87. The first-order valence-corrected chi connectivity index (χ1v) is 12.0. The van der Waals surface area contributed by atoms with Crippen molar-refractivity contribution in [3.05, 3.63) is 18.0 Å². The fourth-order valence-corrected chi connectivity index (χ4v) is 6.44. The van der Waals surface area contributed by atoms with Gasteiger partial charge in [0.25, 0.3) is 0 Å². The Morgan fingerprint density at radius 3 is 2.82 bits per heavy atom. The highest BCUT2D eigenvalue weighted by Crippen LogP contribution is 2.53. The van der Waals surface area contributed by atoms with Gasteiger partial charge >= 0.3 is 6.18 Å². The van der Waals surface area contributed by atoms with Crippen molar-refractivity contribution in [2.45, 2.75) is 63.8 Å². The number of carbonyl (C=O) groups excluding carboxylic acids is 1. The maximum atomic E-state index is 13.6. The highest BCUT2D eigenvalue weighted by Gasteiger charge is 2.60. The highest BCUT2D eigenvalue weighted by atomic mass is 19.4. The first-order valence-electron chi connectivity index (χ1n) is 12.0. The summed E-state index contributed by atoms with van der Waals surface area (Å²) in [6, 6.07) is 1.58. The molecular formula is C23H32F3N5O2. The van der Waals surface area contributed by atoms with Crippen LogP contribution in [0.25, 0.3) is 0 Å². The van der Waals surface area contributed by atoms with Gasteiger partial charge in [-0.3, -0.25) is 4.79 Å². The summed E-state index contributed by atoms with van der Waals surface area (Å²) in [5.74, 6) is 0.885. The van der Waals surface area contributed by atoms with Crippen LogP contribution in [0.5, 0.6) is 0 Å². The predicted molar refractivity (Wildman–Crippen MR) is 116 cm³/mol. The summed E-state index contributed by atoms with van der Waals surface area (Å²) in [6.45, 7) is 7.28. The van der Waals surface area contributed by atoms with E-state index in [-0.39, 0.29) is 29.2 Å². The number of alkyl halides is 3. The molecule has 1 saturated carbocycles. The Kier molecular flexibility index (Phi) is 5.79. The normalized spacial score (nSPS) is 37.1. The number of carbonyl (C=O) groups is 1. The lowest BCUT2D eigenvalue weighted by molar-refractivity contribution is -0.141. The fraction of sp³-hybridized carbons (Fsp3) is 0.783. The first kappa shape index (κ1) is 22.8. The van der Waals surface area contributed by atoms with Crippen molar-refractivity contribution in [2.24, 2.45) is 17.3 Å². The number of ether oxygens (including phenoxy) is 1. The minimum atomic E-state index is -4.51. The minimum absolute atomic E-state index is 0.0369. The molecule has 1 aromatic heterocycles. The smallest absolute Gasteiger partial charge is 0.381 e. The third-order valence-electron chi connectivity index (χ3n) is 8.41. The third-order valence-corrected chi connectivity index (χ3v) is 8.41. The van der Waals surface area contributed by atoms with Crippen LogP contribution < -0.4 is 10.2 Å². The van der Waals surface area contributed by atoms with E-state index >= 15 is 0 Å². The molecule has 0 radical (unpaired) electrons. The molecule has 4 aliphatic rings. The van der Waals surface area contributed by atoms with Crippen LogP contribution in [0.4, 0.5) is 19.1 Å². The minimum Gasteiger partial charge on any atom is -0.381 e. The number of halogens is 3. The van der Waals surface area contributed by atoms with E-state index in [0.717, 1.165) is 51.2 Å². The molecule has 4 heterocycles. The summed E-state index contributed by atoms with van der Waals surface area (Å²) in [5, 5.41) is 3.81. The SMILES string of the molecule is CC1COCCC1N[C@@H]1CC[C@@]2(C1)C(=O)N1CCN(c3nccc(C(F)(F)F)n3)CC1C2C. The molecule has 10 heteroatoms. The van der Waals surface area contributed by atoms with Crippen molar-refractivity contribution in [3.63, 3.8) is 0 Å². The van der Waals surface area contributed by atoms with Gasteiger partial charge in [0.2, 0.25) is 11.9 Å². The molecule has 1 spiro atoms. The summed E-state index contributed by atoms with van der Waals surface area (Å²) in [7, 11) is 0. The van der Waals surface area contributed by atoms with Gasteiger partial charge < -0.3 is 19.9 Å². The summed E-state index contributed by atoms with van der Waals surface area (Å²) in [6.07, 6.45) is 0.302. The standard InChI is InChI=1S/C23H32F3N5O2/c1-14-13-33-10-5-17(14)28-16-3-6-22(11-16)15(2)18-12-30(8-9-31(18)20(22)32)21-27-7-4-19(29-21)23(24,25)26/h4,7,14-18,28H,3,5-6,8-13H2,1-2H3/t14?,15?,16-,17?,18?,22+/m1/s1. The number of rotatable bonds is 3. The Labute approximate surface area is 192 Å². The molecule has 1 aliphatic carbocycles. The Hall–Kier alpha value is -1.94. The number of amides is 1. The van der Waals surface area contributed by atoms with E-state index in [1.54, 1.807) is 4.90 Å². The molecule has 0 bridgehead atoms. The van der Waals surface area contributed by atoms with Crippen molar-refractivity contribution in [1.82, 2.24) is 20.2 Å². The van der Waals surface area contributed by atoms with Gasteiger partial charge in [0.1, 0.15) is 5.69 Å². The van der Waals surface area contributed by atoms with E-state index in [4.69, 9.17) is 4.74 Å². The van der Waals surface area contributed by atoms with Crippen molar-refractivity contribution in [2.75, 3.05) is 37.7 Å². The van der Waals surface area contributed by atoms with Crippen molar-refractivity contribution < 1.29 is 22.7 Å². The molecule has 1 N–H and O–H groups in total. The van der Waals surface area contributed by atoms with E-state index in [2.05, 4.69) is 29.1 Å². The molecule has 7 nitrogen and oxygen atoms in total. The lowest BCUT2D eigenvalue weighted by atomic mass is 9.74.